The molecule has 2 aromatic carbocycles. The molecule has 1 aliphatic heterocycles. The molecule has 0 spiro atoms. The molecule has 1 saturated carbocycles. The van der Waals surface area contributed by atoms with E-state index in [0.29, 0.717) is 48.4 Å². The number of carbonyl (C=O) groups excluding carboxylic acids is 2. The summed E-state index contributed by atoms with van der Waals surface area (Å²) in [5, 5.41) is 9.47. The van der Waals surface area contributed by atoms with Gasteiger partial charge in [-0.25, -0.2) is 0 Å². The van der Waals surface area contributed by atoms with Crippen molar-refractivity contribution in [2.45, 2.75) is 19.3 Å². The second-order valence-corrected chi connectivity index (χ2v) is 10.2. The van der Waals surface area contributed by atoms with E-state index < -0.39 is 0 Å². The molecule has 0 radical (unpaired) electrons. The number of hydrogen-bond donors (Lipinski definition) is 0. The van der Waals surface area contributed by atoms with E-state index in [1.807, 2.05) is 41.3 Å². The van der Waals surface area contributed by atoms with Gasteiger partial charge in [-0.1, -0.05) is 29.8 Å². The Bertz CT molecular complexity index is 1260. The largest absolute Gasteiger partial charge is 0.497 e. The quantitative estimate of drug-likeness (QED) is 0.427. The molecule has 3 aromatic rings. The van der Waals surface area contributed by atoms with Crippen LogP contribution < -0.4 is 9.64 Å². The molecule has 38 heavy (non-hydrogen) atoms. The topological polar surface area (TPSA) is 78.9 Å². The minimum atomic E-state index is -0.113. The second-order valence-electron chi connectivity index (χ2n) is 9.84. The van der Waals surface area contributed by atoms with E-state index in [0.717, 1.165) is 42.9 Å². The van der Waals surface area contributed by atoms with Crippen LogP contribution in [0.4, 0.5) is 5.82 Å². The average Bonchev–Trinajstić information content (AvgIpc) is 3.80. The Balaban J connectivity index is 1.21. The molecule has 2 heterocycles. The number of aromatic nitrogens is 2. The van der Waals surface area contributed by atoms with Crippen LogP contribution in [0.25, 0.3) is 11.3 Å². The second kappa shape index (κ2) is 11.8. The number of nitrogens with zero attached hydrogens (tertiary/aromatic N) is 5. The van der Waals surface area contributed by atoms with Gasteiger partial charge in [0.25, 0.3) is 5.91 Å². The highest BCUT2D eigenvalue weighted by Crippen LogP contribution is 2.30. The van der Waals surface area contributed by atoms with Gasteiger partial charge < -0.3 is 19.4 Å². The standard InChI is InChI=1S/C29H32ClN5O3/c1-38-23-11-9-22(10-12-23)29(37)35(19-21-7-8-21)20-28(36)34-16-4-15-33(17-18-34)27-14-13-26(31-32-27)24-5-2-3-6-25(24)30/h2-3,5-6,9-14,21H,4,7-8,15-20H2,1H3. The first-order valence-electron chi connectivity index (χ1n) is 13.1. The zero-order valence-corrected chi connectivity index (χ0v) is 22.3. The monoisotopic (exact) mass is 533 g/mol. The molecule has 198 valence electrons. The van der Waals surface area contributed by atoms with E-state index in [4.69, 9.17) is 16.3 Å². The number of rotatable bonds is 8. The Morgan fingerprint density at radius 1 is 0.974 bits per heavy atom. The Morgan fingerprint density at radius 2 is 1.76 bits per heavy atom. The summed E-state index contributed by atoms with van der Waals surface area (Å²) in [6, 6.07) is 18.5. The minimum Gasteiger partial charge on any atom is -0.497 e. The van der Waals surface area contributed by atoms with E-state index >= 15 is 0 Å². The van der Waals surface area contributed by atoms with Crippen LogP contribution >= 0.6 is 11.6 Å². The highest BCUT2D eigenvalue weighted by Gasteiger charge is 2.30. The molecule has 2 fully saturated rings. The van der Waals surface area contributed by atoms with Gasteiger partial charge in [0.1, 0.15) is 12.3 Å². The fraction of sp³-hybridized carbons (Fsp3) is 0.379. The highest BCUT2D eigenvalue weighted by molar-refractivity contribution is 6.33. The van der Waals surface area contributed by atoms with Crippen LogP contribution in [-0.2, 0) is 4.79 Å². The first-order valence-corrected chi connectivity index (χ1v) is 13.4. The molecule has 9 heteroatoms. The van der Waals surface area contributed by atoms with Crippen LogP contribution in [0.5, 0.6) is 5.75 Å². The van der Waals surface area contributed by atoms with Crippen molar-refractivity contribution in [3.8, 4) is 17.0 Å². The van der Waals surface area contributed by atoms with E-state index in [2.05, 4.69) is 15.1 Å². The Hall–Kier alpha value is -3.65. The zero-order valence-electron chi connectivity index (χ0n) is 21.6. The van der Waals surface area contributed by atoms with Crippen LogP contribution in [0.3, 0.4) is 0 Å². The number of carbonyl (C=O) groups is 2. The Kier molecular flexibility index (Phi) is 8.08. The summed E-state index contributed by atoms with van der Waals surface area (Å²) in [7, 11) is 1.60. The average molecular weight is 534 g/mol. The maximum Gasteiger partial charge on any atom is 0.254 e. The number of methoxy groups -OCH3 is 1. The van der Waals surface area contributed by atoms with Gasteiger partial charge in [-0.05, 0) is 67.6 Å². The third kappa shape index (κ3) is 6.25. The third-order valence-electron chi connectivity index (χ3n) is 7.10. The number of benzene rings is 2. The van der Waals surface area contributed by atoms with E-state index in [-0.39, 0.29) is 18.4 Å². The molecular formula is C29H32ClN5O3. The van der Waals surface area contributed by atoms with Gasteiger partial charge in [0.2, 0.25) is 5.91 Å². The summed E-state index contributed by atoms with van der Waals surface area (Å²) in [5.74, 6) is 1.83. The lowest BCUT2D eigenvalue weighted by atomic mass is 10.1. The van der Waals surface area contributed by atoms with E-state index in [1.165, 1.54) is 0 Å². The zero-order chi connectivity index (χ0) is 26.5. The molecule has 1 saturated heterocycles. The van der Waals surface area contributed by atoms with E-state index in [1.54, 1.807) is 36.3 Å². The summed E-state index contributed by atoms with van der Waals surface area (Å²) in [6.45, 7) is 3.36. The third-order valence-corrected chi connectivity index (χ3v) is 7.43. The maximum atomic E-state index is 13.3. The van der Waals surface area contributed by atoms with Crippen molar-refractivity contribution in [2.24, 2.45) is 5.92 Å². The molecule has 2 amide bonds. The summed E-state index contributed by atoms with van der Waals surface area (Å²) < 4.78 is 5.21. The number of anilines is 1. The smallest absolute Gasteiger partial charge is 0.254 e. The molecule has 8 nitrogen and oxygen atoms in total. The van der Waals surface area contributed by atoms with Crippen molar-refractivity contribution in [1.82, 2.24) is 20.0 Å². The summed E-state index contributed by atoms with van der Waals surface area (Å²) in [4.78, 5) is 32.3. The van der Waals surface area contributed by atoms with Crippen molar-refractivity contribution >= 4 is 29.2 Å². The van der Waals surface area contributed by atoms with Crippen molar-refractivity contribution in [1.29, 1.82) is 0 Å². The van der Waals surface area contributed by atoms with Gasteiger partial charge >= 0.3 is 0 Å². The van der Waals surface area contributed by atoms with Crippen LogP contribution in [0, 0.1) is 5.92 Å². The molecule has 5 rings (SSSR count). The molecule has 0 N–H and O–H groups in total. The SMILES string of the molecule is COc1ccc(C(=O)N(CC(=O)N2CCCN(c3ccc(-c4ccccc4Cl)nn3)CC2)CC2CC2)cc1. The fourth-order valence-electron chi connectivity index (χ4n) is 4.71. The summed E-state index contributed by atoms with van der Waals surface area (Å²) >= 11 is 6.30. The fourth-order valence-corrected chi connectivity index (χ4v) is 4.95. The molecule has 0 bridgehead atoms. The number of ether oxygens (including phenoxy) is 1. The van der Waals surface area contributed by atoms with Crippen molar-refractivity contribution in [3.05, 3.63) is 71.2 Å². The maximum absolute atomic E-state index is 13.3. The number of halogens is 1. The predicted molar refractivity (Wildman–Crippen MR) is 148 cm³/mol. The first-order chi connectivity index (χ1) is 18.5. The van der Waals surface area contributed by atoms with Crippen molar-refractivity contribution < 1.29 is 14.3 Å². The minimum absolute atomic E-state index is 0.0190. The van der Waals surface area contributed by atoms with Gasteiger partial charge in [0.05, 0.1) is 17.8 Å². The van der Waals surface area contributed by atoms with Crippen LogP contribution in [0.1, 0.15) is 29.6 Å². The van der Waals surface area contributed by atoms with Gasteiger partial charge in [0.15, 0.2) is 5.82 Å². The van der Waals surface area contributed by atoms with Crippen LogP contribution in [0.15, 0.2) is 60.7 Å². The molecule has 0 unspecified atom stereocenters. The molecular weight excluding hydrogens is 502 g/mol. The molecule has 1 aromatic heterocycles. The lowest BCUT2D eigenvalue weighted by molar-refractivity contribution is -0.131. The number of hydrogen-bond acceptors (Lipinski definition) is 6. The van der Waals surface area contributed by atoms with Gasteiger partial charge in [-0.2, -0.15) is 0 Å². The van der Waals surface area contributed by atoms with Gasteiger partial charge in [-0.3, -0.25) is 9.59 Å². The lowest BCUT2D eigenvalue weighted by Gasteiger charge is -2.27. The Morgan fingerprint density at radius 3 is 2.45 bits per heavy atom. The molecule has 1 aliphatic carbocycles. The molecule has 2 aliphatic rings. The van der Waals surface area contributed by atoms with Crippen LogP contribution in [-0.4, -0.2) is 78.2 Å². The summed E-state index contributed by atoms with van der Waals surface area (Å²) in [5.41, 5.74) is 2.14. The first kappa shape index (κ1) is 26.0. The Labute approximate surface area is 228 Å². The number of amides is 2. The highest BCUT2D eigenvalue weighted by atomic mass is 35.5. The van der Waals surface area contributed by atoms with Gasteiger partial charge in [-0.15, -0.1) is 10.2 Å². The van der Waals surface area contributed by atoms with Crippen molar-refractivity contribution in [3.63, 3.8) is 0 Å². The lowest BCUT2D eigenvalue weighted by Crippen LogP contribution is -2.45. The normalized spacial score (nSPS) is 15.6. The van der Waals surface area contributed by atoms with Crippen molar-refractivity contribution in [2.75, 3.05) is 51.3 Å². The van der Waals surface area contributed by atoms with E-state index in [9.17, 15) is 9.59 Å². The van der Waals surface area contributed by atoms with Gasteiger partial charge in [0, 0.05) is 43.9 Å². The van der Waals surface area contributed by atoms with Crippen LogP contribution in [0.2, 0.25) is 5.02 Å². The predicted octanol–water partition coefficient (Wildman–Crippen LogP) is 4.40. The molecule has 0 atom stereocenters. The summed E-state index contributed by atoms with van der Waals surface area (Å²) in [6.07, 6.45) is 3.03.